The van der Waals surface area contributed by atoms with Crippen molar-refractivity contribution in [1.29, 1.82) is 0 Å². The topological polar surface area (TPSA) is 49.9 Å². The molecule has 1 fully saturated rings. The fourth-order valence-electron chi connectivity index (χ4n) is 3.05. The van der Waals surface area contributed by atoms with Crippen LogP contribution in [-0.4, -0.2) is 54.4 Å². The Kier molecular flexibility index (Phi) is 7.31. The van der Waals surface area contributed by atoms with E-state index in [2.05, 4.69) is 0 Å². The SMILES string of the molecule is O=C(COCc1ccccc1Cl)N1CCN(C(=O)Cc2ccc(Cl)cc2)CC1. The summed E-state index contributed by atoms with van der Waals surface area (Å²) < 4.78 is 5.51. The summed E-state index contributed by atoms with van der Waals surface area (Å²) in [5.41, 5.74) is 1.79. The molecule has 0 radical (unpaired) electrons. The molecule has 2 aromatic carbocycles. The van der Waals surface area contributed by atoms with Crippen LogP contribution in [0.25, 0.3) is 0 Å². The molecular formula is C21H22Cl2N2O3. The van der Waals surface area contributed by atoms with Crippen LogP contribution < -0.4 is 0 Å². The van der Waals surface area contributed by atoms with Gasteiger partial charge in [0.2, 0.25) is 11.8 Å². The highest BCUT2D eigenvalue weighted by molar-refractivity contribution is 6.31. The zero-order chi connectivity index (χ0) is 19.9. The van der Waals surface area contributed by atoms with E-state index in [1.807, 2.05) is 30.3 Å². The van der Waals surface area contributed by atoms with Gasteiger partial charge in [0, 0.05) is 36.2 Å². The summed E-state index contributed by atoms with van der Waals surface area (Å²) in [4.78, 5) is 28.3. The molecule has 2 aromatic rings. The number of piperazine rings is 1. The quantitative estimate of drug-likeness (QED) is 0.718. The lowest BCUT2D eigenvalue weighted by Crippen LogP contribution is -2.51. The van der Waals surface area contributed by atoms with Gasteiger partial charge in [-0.05, 0) is 29.3 Å². The third-order valence-electron chi connectivity index (χ3n) is 4.69. The van der Waals surface area contributed by atoms with E-state index < -0.39 is 0 Å². The number of ether oxygens (including phenoxy) is 1. The number of benzene rings is 2. The van der Waals surface area contributed by atoms with E-state index in [0.29, 0.717) is 49.3 Å². The van der Waals surface area contributed by atoms with Gasteiger partial charge in [0.25, 0.3) is 0 Å². The first kappa shape index (κ1) is 20.6. The van der Waals surface area contributed by atoms with E-state index in [1.165, 1.54) is 0 Å². The number of amides is 2. The molecule has 0 bridgehead atoms. The minimum Gasteiger partial charge on any atom is -0.367 e. The van der Waals surface area contributed by atoms with Gasteiger partial charge >= 0.3 is 0 Å². The summed E-state index contributed by atoms with van der Waals surface area (Å²) >= 11 is 12.0. The molecule has 0 saturated carbocycles. The van der Waals surface area contributed by atoms with Crippen molar-refractivity contribution >= 4 is 35.0 Å². The van der Waals surface area contributed by atoms with Crippen molar-refractivity contribution in [3.05, 3.63) is 69.7 Å². The van der Waals surface area contributed by atoms with Crippen LogP contribution in [0, 0.1) is 0 Å². The molecule has 0 N–H and O–H groups in total. The van der Waals surface area contributed by atoms with Crippen molar-refractivity contribution in [3.63, 3.8) is 0 Å². The fourth-order valence-corrected chi connectivity index (χ4v) is 3.37. The van der Waals surface area contributed by atoms with Gasteiger partial charge in [0.05, 0.1) is 13.0 Å². The Morgan fingerprint density at radius 3 is 2.11 bits per heavy atom. The second-order valence-electron chi connectivity index (χ2n) is 6.65. The van der Waals surface area contributed by atoms with Gasteiger partial charge in [0.15, 0.2) is 0 Å². The van der Waals surface area contributed by atoms with E-state index in [0.717, 1.165) is 11.1 Å². The number of rotatable bonds is 6. The first-order valence-corrected chi connectivity index (χ1v) is 9.89. The largest absolute Gasteiger partial charge is 0.367 e. The van der Waals surface area contributed by atoms with Gasteiger partial charge in [-0.15, -0.1) is 0 Å². The van der Waals surface area contributed by atoms with Crippen LogP contribution >= 0.6 is 23.2 Å². The second-order valence-corrected chi connectivity index (χ2v) is 7.49. The first-order valence-electron chi connectivity index (χ1n) is 9.14. The molecule has 1 aliphatic heterocycles. The maximum atomic E-state index is 12.4. The van der Waals surface area contributed by atoms with Gasteiger partial charge in [-0.2, -0.15) is 0 Å². The third-order valence-corrected chi connectivity index (χ3v) is 5.32. The van der Waals surface area contributed by atoms with E-state index >= 15 is 0 Å². The van der Waals surface area contributed by atoms with Crippen LogP contribution in [0.2, 0.25) is 10.0 Å². The van der Waals surface area contributed by atoms with E-state index in [4.69, 9.17) is 27.9 Å². The highest BCUT2D eigenvalue weighted by Gasteiger charge is 2.24. The summed E-state index contributed by atoms with van der Waals surface area (Å²) in [5.74, 6) is -0.0127. The summed E-state index contributed by atoms with van der Waals surface area (Å²) in [7, 11) is 0. The summed E-state index contributed by atoms with van der Waals surface area (Å²) in [6.07, 6.45) is 0.339. The Morgan fingerprint density at radius 2 is 1.46 bits per heavy atom. The van der Waals surface area contributed by atoms with E-state index in [1.54, 1.807) is 28.0 Å². The average Bonchev–Trinajstić information content (AvgIpc) is 2.71. The molecule has 1 heterocycles. The second kappa shape index (κ2) is 9.92. The number of carbonyl (C=O) groups excluding carboxylic acids is 2. The number of hydrogen-bond donors (Lipinski definition) is 0. The van der Waals surface area contributed by atoms with Crippen molar-refractivity contribution in [2.75, 3.05) is 32.8 Å². The zero-order valence-corrected chi connectivity index (χ0v) is 17.0. The lowest BCUT2D eigenvalue weighted by Gasteiger charge is -2.34. The van der Waals surface area contributed by atoms with Crippen LogP contribution in [0.15, 0.2) is 48.5 Å². The monoisotopic (exact) mass is 420 g/mol. The Morgan fingerprint density at radius 1 is 0.857 bits per heavy atom. The average molecular weight is 421 g/mol. The number of carbonyl (C=O) groups is 2. The van der Waals surface area contributed by atoms with Gasteiger partial charge in [0.1, 0.15) is 6.61 Å². The van der Waals surface area contributed by atoms with Gasteiger partial charge in [-0.1, -0.05) is 53.5 Å². The molecule has 5 nitrogen and oxygen atoms in total. The van der Waals surface area contributed by atoms with Crippen LogP contribution in [0.5, 0.6) is 0 Å². The Bertz CT molecular complexity index is 819. The molecule has 1 aliphatic rings. The van der Waals surface area contributed by atoms with Crippen molar-refractivity contribution in [3.8, 4) is 0 Å². The summed E-state index contributed by atoms with van der Waals surface area (Å²) in [6.45, 7) is 2.39. The van der Waals surface area contributed by atoms with Crippen LogP contribution in [-0.2, 0) is 27.4 Å². The maximum absolute atomic E-state index is 12.4. The Balaban J connectivity index is 1.40. The molecular weight excluding hydrogens is 399 g/mol. The Labute approximate surface area is 174 Å². The number of nitrogens with zero attached hydrogens (tertiary/aromatic N) is 2. The summed E-state index contributed by atoms with van der Waals surface area (Å²) in [5, 5.41) is 1.28. The highest BCUT2D eigenvalue weighted by atomic mass is 35.5. The summed E-state index contributed by atoms with van der Waals surface area (Å²) in [6, 6.07) is 14.7. The molecule has 0 unspecified atom stereocenters. The lowest BCUT2D eigenvalue weighted by atomic mass is 10.1. The van der Waals surface area contributed by atoms with Gasteiger partial charge in [-0.25, -0.2) is 0 Å². The maximum Gasteiger partial charge on any atom is 0.248 e. The van der Waals surface area contributed by atoms with E-state index in [9.17, 15) is 9.59 Å². The van der Waals surface area contributed by atoms with E-state index in [-0.39, 0.29) is 18.4 Å². The predicted octanol–water partition coefficient (Wildman–Crippen LogP) is 3.42. The van der Waals surface area contributed by atoms with Crippen LogP contribution in [0.4, 0.5) is 0 Å². The third kappa shape index (κ3) is 5.71. The molecule has 0 spiro atoms. The molecule has 3 rings (SSSR count). The molecule has 28 heavy (non-hydrogen) atoms. The van der Waals surface area contributed by atoms with Crippen molar-refractivity contribution in [1.82, 2.24) is 9.80 Å². The molecule has 1 saturated heterocycles. The standard InChI is InChI=1S/C21H22Cl2N2O3/c22-18-7-5-16(6-8-18)13-20(26)24-9-11-25(12-10-24)21(27)15-28-14-17-3-1-2-4-19(17)23/h1-8H,9-15H2. The highest BCUT2D eigenvalue weighted by Crippen LogP contribution is 2.16. The van der Waals surface area contributed by atoms with Gasteiger partial charge < -0.3 is 14.5 Å². The zero-order valence-electron chi connectivity index (χ0n) is 15.4. The van der Waals surface area contributed by atoms with Crippen molar-refractivity contribution in [2.24, 2.45) is 0 Å². The minimum atomic E-state index is -0.0724. The molecule has 0 aromatic heterocycles. The number of hydrogen-bond acceptors (Lipinski definition) is 3. The van der Waals surface area contributed by atoms with Gasteiger partial charge in [-0.3, -0.25) is 9.59 Å². The molecule has 148 valence electrons. The van der Waals surface area contributed by atoms with Crippen molar-refractivity contribution < 1.29 is 14.3 Å². The Hall–Kier alpha value is -2.08. The predicted molar refractivity (Wildman–Crippen MR) is 109 cm³/mol. The number of halogens is 2. The minimum absolute atomic E-state index is 0.00391. The molecule has 0 atom stereocenters. The van der Waals surface area contributed by atoms with Crippen LogP contribution in [0.3, 0.4) is 0 Å². The smallest absolute Gasteiger partial charge is 0.248 e. The first-order chi connectivity index (χ1) is 13.5. The molecule has 0 aliphatic carbocycles. The molecule has 7 heteroatoms. The normalized spacial score (nSPS) is 14.2. The van der Waals surface area contributed by atoms with Crippen LogP contribution in [0.1, 0.15) is 11.1 Å². The lowest BCUT2D eigenvalue weighted by molar-refractivity contribution is -0.142. The van der Waals surface area contributed by atoms with Crippen molar-refractivity contribution in [2.45, 2.75) is 13.0 Å². The molecule has 2 amide bonds. The fraction of sp³-hybridized carbons (Fsp3) is 0.333.